The van der Waals surface area contributed by atoms with Crippen molar-refractivity contribution in [1.29, 1.82) is 0 Å². The SMILES string of the molecule is Cc1ccc(C(=O)N2CCN([C@@H]3CCCN(c4cnn(C)c4)C3=O)CC2)o1. The highest BCUT2D eigenvalue weighted by Crippen LogP contribution is 2.24. The number of piperidine rings is 1. The molecule has 0 radical (unpaired) electrons. The van der Waals surface area contributed by atoms with Gasteiger partial charge in [-0.2, -0.15) is 5.10 Å². The first-order valence-corrected chi connectivity index (χ1v) is 9.43. The molecule has 1 atom stereocenters. The van der Waals surface area contributed by atoms with Gasteiger partial charge in [-0.15, -0.1) is 0 Å². The van der Waals surface area contributed by atoms with E-state index in [-0.39, 0.29) is 17.9 Å². The molecule has 0 N–H and O–H groups in total. The number of aryl methyl sites for hydroxylation is 2. The predicted molar refractivity (Wildman–Crippen MR) is 99.5 cm³/mol. The highest BCUT2D eigenvalue weighted by atomic mass is 16.3. The Hall–Kier alpha value is -2.61. The average Bonchev–Trinajstić information content (AvgIpc) is 3.30. The Labute approximate surface area is 158 Å². The van der Waals surface area contributed by atoms with Crippen molar-refractivity contribution in [2.75, 3.05) is 37.6 Å². The van der Waals surface area contributed by atoms with Crippen LogP contribution in [0.15, 0.2) is 28.9 Å². The van der Waals surface area contributed by atoms with Gasteiger partial charge in [-0.05, 0) is 31.9 Å². The lowest BCUT2D eigenvalue weighted by atomic mass is 10.0. The fraction of sp³-hybridized carbons (Fsp3) is 0.526. The molecule has 2 aliphatic heterocycles. The molecule has 0 bridgehead atoms. The molecule has 0 aromatic carbocycles. The van der Waals surface area contributed by atoms with Gasteiger partial charge >= 0.3 is 0 Å². The van der Waals surface area contributed by atoms with E-state index >= 15 is 0 Å². The Morgan fingerprint density at radius 2 is 1.96 bits per heavy atom. The van der Waals surface area contributed by atoms with Crippen LogP contribution in [0, 0.1) is 6.92 Å². The third kappa shape index (κ3) is 3.49. The number of amides is 2. The quantitative estimate of drug-likeness (QED) is 0.812. The van der Waals surface area contributed by atoms with Gasteiger partial charge in [0.15, 0.2) is 5.76 Å². The zero-order valence-corrected chi connectivity index (χ0v) is 15.8. The summed E-state index contributed by atoms with van der Waals surface area (Å²) in [7, 11) is 1.85. The number of hydrogen-bond donors (Lipinski definition) is 0. The molecular formula is C19H25N5O3. The molecule has 0 aliphatic carbocycles. The normalized spacial score (nSPS) is 21.7. The van der Waals surface area contributed by atoms with Crippen molar-refractivity contribution in [2.24, 2.45) is 7.05 Å². The van der Waals surface area contributed by atoms with Crippen LogP contribution in [0.5, 0.6) is 0 Å². The maximum absolute atomic E-state index is 13.0. The number of anilines is 1. The van der Waals surface area contributed by atoms with Crippen LogP contribution >= 0.6 is 0 Å². The van der Waals surface area contributed by atoms with E-state index in [1.165, 1.54) is 0 Å². The van der Waals surface area contributed by atoms with Crippen LogP contribution in [-0.4, -0.2) is 70.2 Å². The molecule has 2 fully saturated rings. The first-order valence-electron chi connectivity index (χ1n) is 9.43. The van der Waals surface area contributed by atoms with Crippen molar-refractivity contribution >= 4 is 17.5 Å². The molecule has 0 saturated carbocycles. The van der Waals surface area contributed by atoms with Crippen LogP contribution in [-0.2, 0) is 11.8 Å². The highest BCUT2D eigenvalue weighted by molar-refractivity contribution is 5.97. The molecule has 2 aromatic rings. The third-order valence-electron chi connectivity index (χ3n) is 5.41. The van der Waals surface area contributed by atoms with E-state index in [0.29, 0.717) is 31.9 Å². The van der Waals surface area contributed by atoms with Crippen LogP contribution in [0.25, 0.3) is 0 Å². The zero-order chi connectivity index (χ0) is 19.0. The van der Waals surface area contributed by atoms with E-state index in [0.717, 1.165) is 30.8 Å². The fourth-order valence-corrected chi connectivity index (χ4v) is 3.94. The van der Waals surface area contributed by atoms with Crippen LogP contribution < -0.4 is 4.90 Å². The zero-order valence-electron chi connectivity index (χ0n) is 15.8. The topological polar surface area (TPSA) is 74.8 Å². The molecule has 2 aliphatic rings. The van der Waals surface area contributed by atoms with Crippen molar-refractivity contribution in [2.45, 2.75) is 25.8 Å². The summed E-state index contributed by atoms with van der Waals surface area (Å²) in [6, 6.07) is 3.40. The van der Waals surface area contributed by atoms with E-state index in [1.54, 1.807) is 27.9 Å². The fourth-order valence-electron chi connectivity index (χ4n) is 3.94. The Balaban J connectivity index is 1.39. The summed E-state index contributed by atoms with van der Waals surface area (Å²) in [5.74, 6) is 1.18. The largest absolute Gasteiger partial charge is 0.456 e. The van der Waals surface area contributed by atoms with Crippen molar-refractivity contribution in [3.8, 4) is 0 Å². The minimum atomic E-state index is -0.123. The second kappa shape index (κ2) is 7.19. The molecule has 27 heavy (non-hydrogen) atoms. The van der Waals surface area contributed by atoms with Gasteiger partial charge in [0.25, 0.3) is 5.91 Å². The van der Waals surface area contributed by atoms with E-state index in [1.807, 2.05) is 25.1 Å². The second-order valence-electron chi connectivity index (χ2n) is 7.26. The van der Waals surface area contributed by atoms with Gasteiger partial charge in [-0.1, -0.05) is 0 Å². The summed E-state index contributed by atoms with van der Waals surface area (Å²) in [4.78, 5) is 31.4. The number of hydrogen-bond acceptors (Lipinski definition) is 5. The van der Waals surface area contributed by atoms with Gasteiger partial charge in [0.1, 0.15) is 5.76 Å². The lowest BCUT2D eigenvalue weighted by Crippen LogP contribution is -2.58. The van der Waals surface area contributed by atoms with E-state index in [2.05, 4.69) is 10.00 Å². The molecule has 4 heterocycles. The summed E-state index contributed by atoms with van der Waals surface area (Å²) in [5, 5.41) is 4.18. The minimum Gasteiger partial charge on any atom is -0.456 e. The van der Waals surface area contributed by atoms with Gasteiger partial charge < -0.3 is 14.2 Å². The molecule has 2 aromatic heterocycles. The van der Waals surface area contributed by atoms with E-state index in [4.69, 9.17) is 4.42 Å². The smallest absolute Gasteiger partial charge is 0.289 e. The van der Waals surface area contributed by atoms with Crippen LogP contribution in [0.4, 0.5) is 5.69 Å². The van der Waals surface area contributed by atoms with Gasteiger partial charge in [0.05, 0.1) is 17.9 Å². The van der Waals surface area contributed by atoms with Crippen molar-refractivity contribution in [3.05, 3.63) is 36.0 Å². The number of aromatic nitrogens is 2. The molecule has 8 nitrogen and oxygen atoms in total. The monoisotopic (exact) mass is 371 g/mol. The summed E-state index contributed by atoms with van der Waals surface area (Å²) in [6.45, 7) is 5.17. The Morgan fingerprint density at radius 3 is 2.59 bits per heavy atom. The third-order valence-corrected chi connectivity index (χ3v) is 5.41. The lowest BCUT2D eigenvalue weighted by Gasteiger charge is -2.42. The predicted octanol–water partition coefficient (Wildman–Crippen LogP) is 1.27. The Bertz CT molecular complexity index is 834. The molecule has 144 valence electrons. The standard InChI is InChI=1S/C19H25N5O3/c1-14-5-6-17(27-14)19(26)23-10-8-22(9-11-23)16-4-3-7-24(18(16)25)15-12-20-21(2)13-15/h5-6,12-13,16H,3-4,7-11H2,1-2H3/t16-/m1/s1. The molecule has 2 saturated heterocycles. The number of furan rings is 1. The number of carbonyl (C=O) groups excluding carboxylic acids is 2. The maximum Gasteiger partial charge on any atom is 0.289 e. The summed E-state index contributed by atoms with van der Waals surface area (Å²) in [6.07, 6.45) is 5.45. The van der Waals surface area contributed by atoms with Gasteiger partial charge in [-0.25, -0.2) is 0 Å². The molecule has 4 rings (SSSR count). The molecule has 8 heteroatoms. The number of carbonyl (C=O) groups is 2. The second-order valence-corrected chi connectivity index (χ2v) is 7.26. The van der Waals surface area contributed by atoms with E-state index in [9.17, 15) is 9.59 Å². The minimum absolute atomic E-state index is 0.0743. The summed E-state index contributed by atoms with van der Waals surface area (Å²) >= 11 is 0. The lowest BCUT2D eigenvalue weighted by molar-refractivity contribution is -0.126. The summed E-state index contributed by atoms with van der Waals surface area (Å²) in [5.41, 5.74) is 0.856. The average molecular weight is 371 g/mol. The Kier molecular flexibility index (Phi) is 4.73. The van der Waals surface area contributed by atoms with Crippen LogP contribution in [0.3, 0.4) is 0 Å². The maximum atomic E-state index is 13.0. The van der Waals surface area contributed by atoms with Crippen LogP contribution in [0.2, 0.25) is 0 Å². The number of piperazine rings is 1. The molecule has 0 unspecified atom stereocenters. The van der Waals surface area contributed by atoms with Gasteiger partial charge in [0.2, 0.25) is 5.91 Å². The number of nitrogens with zero attached hydrogens (tertiary/aromatic N) is 5. The molecular weight excluding hydrogens is 346 g/mol. The van der Waals surface area contributed by atoms with Crippen LogP contribution in [0.1, 0.15) is 29.2 Å². The Morgan fingerprint density at radius 1 is 1.19 bits per heavy atom. The molecule has 0 spiro atoms. The van der Waals surface area contributed by atoms with Gasteiger partial charge in [-0.3, -0.25) is 19.2 Å². The summed E-state index contributed by atoms with van der Waals surface area (Å²) < 4.78 is 7.17. The highest BCUT2D eigenvalue weighted by Gasteiger charge is 2.36. The van der Waals surface area contributed by atoms with Crippen molar-refractivity contribution in [1.82, 2.24) is 19.6 Å². The van der Waals surface area contributed by atoms with E-state index < -0.39 is 0 Å². The molecule has 2 amide bonds. The first-order chi connectivity index (χ1) is 13.0. The van der Waals surface area contributed by atoms with Gasteiger partial charge in [0, 0.05) is 46.0 Å². The van der Waals surface area contributed by atoms with Crippen molar-refractivity contribution in [3.63, 3.8) is 0 Å². The first kappa shape index (κ1) is 17.8. The number of rotatable bonds is 3. The van der Waals surface area contributed by atoms with Crippen molar-refractivity contribution < 1.29 is 14.0 Å².